The lowest BCUT2D eigenvalue weighted by Gasteiger charge is -2.05. The average Bonchev–Trinajstić information content (AvgIpc) is 3.20. The van der Waals surface area contributed by atoms with Gasteiger partial charge in [-0.15, -0.1) is 0 Å². The van der Waals surface area contributed by atoms with Gasteiger partial charge in [0.1, 0.15) is 0 Å². The maximum absolute atomic E-state index is 12.0. The van der Waals surface area contributed by atoms with E-state index < -0.39 is 16.0 Å². The molecule has 152 valence electrons. The Morgan fingerprint density at radius 2 is 1.79 bits per heavy atom. The number of nitrogens with one attached hydrogen (secondary N) is 1. The Morgan fingerprint density at radius 3 is 2.45 bits per heavy atom. The van der Waals surface area contributed by atoms with Gasteiger partial charge in [-0.2, -0.15) is 4.98 Å². The minimum atomic E-state index is -3.47. The Labute approximate surface area is 169 Å². The molecule has 3 rings (SSSR count). The third-order valence-corrected chi connectivity index (χ3v) is 5.68. The predicted octanol–water partition coefficient (Wildman–Crippen LogP) is 2.63. The van der Waals surface area contributed by atoms with E-state index in [9.17, 15) is 13.2 Å². The van der Waals surface area contributed by atoms with E-state index in [4.69, 9.17) is 9.26 Å². The molecule has 0 amide bonds. The highest BCUT2D eigenvalue weighted by atomic mass is 32.2. The number of aryl methyl sites for hydroxylation is 2. The summed E-state index contributed by atoms with van der Waals surface area (Å²) < 4.78 is 35.9. The number of carbonyl (C=O) groups excluding carboxylic acids is 1. The highest BCUT2D eigenvalue weighted by molar-refractivity contribution is 7.89. The van der Waals surface area contributed by atoms with Crippen LogP contribution in [0.5, 0.6) is 0 Å². The molecule has 0 spiro atoms. The van der Waals surface area contributed by atoms with Crippen LogP contribution in [0, 0.1) is 6.92 Å². The molecule has 1 heterocycles. The first kappa shape index (κ1) is 20.7. The van der Waals surface area contributed by atoms with Crippen LogP contribution in [-0.2, 0) is 32.6 Å². The molecule has 0 saturated heterocycles. The largest absolute Gasteiger partial charge is 0.456 e. The number of esters is 1. The predicted molar refractivity (Wildman–Crippen MR) is 105 cm³/mol. The highest BCUT2D eigenvalue weighted by Gasteiger charge is 2.13. The van der Waals surface area contributed by atoms with Crippen molar-refractivity contribution in [2.24, 2.45) is 0 Å². The van der Waals surface area contributed by atoms with Crippen molar-refractivity contribution in [3.05, 3.63) is 65.5 Å². The first-order valence-corrected chi connectivity index (χ1v) is 10.4. The van der Waals surface area contributed by atoms with Crippen LogP contribution in [-0.4, -0.2) is 31.6 Å². The van der Waals surface area contributed by atoms with Crippen LogP contribution in [0.1, 0.15) is 23.4 Å². The first-order chi connectivity index (χ1) is 13.9. The van der Waals surface area contributed by atoms with Gasteiger partial charge in [-0.05, 0) is 38.1 Å². The fourth-order valence-electron chi connectivity index (χ4n) is 2.55. The summed E-state index contributed by atoms with van der Waals surface area (Å²) in [5.41, 5.74) is 2.78. The van der Waals surface area contributed by atoms with Crippen molar-refractivity contribution in [2.45, 2.75) is 31.3 Å². The number of aromatic nitrogens is 2. The van der Waals surface area contributed by atoms with Gasteiger partial charge in [0.25, 0.3) is 5.89 Å². The van der Waals surface area contributed by atoms with Crippen molar-refractivity contribution in [2.75, 3.05) is 7.05 Å². The number of benzene rings is 2. The van der Waals surface area contributed by atoms with Gasteiger partial charge >= 0.3 is 5.97 Å². The van der Waals surface area contributed by atoms with Gasteiger partial charge in [0, 0.05) is 12.0 Å². The fourth-order valence-corrected chi connectivity index (χ4v) is 3.28. The Morgan fingerprint density at radius 1 is 1.10 bits per heavy atom. The molecule has 0 aliphatic rings. The van der Waals surface area contributed by atoms with Gasteiger partial charge in [0.05, 0.1) is 4.90 Å². The second kappa shape index (κ2) is 8.97. The summed E-state index contributed by atoms with van der Waals surface area (Å²) in [6.45, 7) is 1.89. The van der Waals surface area contributed by atoms with Crippen LogP contribution in [0.15, 0.2) is 57.9 Å². The minimum Gasteiger partial charge on any atom is -0.456 e. The third-order valence-electron chi connectivity index (χ3n) is 4.25. The summed E-state index contributed by atoms with van der Waals surface area (Å²) in [6.07, 6.45) is 0.578. The van der Waals surface area contributed by atoms with Gasteiger partial charge in [0.15, 0.2) is 6.61 Å². The Balaban J connectivity index is 1.49. The van der Waals surface area contributed by atoms with E-state index in [1.54, 1.807) is 12.1 Å². The molecule has 0 saturated carbocycles. The second-order valence-corrected chi connectivity index (χ2v) is 8.28. The van der Waals surface area contributed by atoms with E-state index in [0.717, 1.165) is 16.7 Å². The van der Waals surface area contributed by atoms with E-state index in [1.165, 1.54) is 19.2 Å². The molecule has 8 nitrogen and oxygen atoms in total. The molecule has 0 aliphatic heterocycles. The van der Waals surface area contributed by atoms with E-state index in [1.807, 2.05) is 31.2 Å². The molecule has 9 heteroatoms. The number of hydrogen-bond acceptors (Lipinski definition) is 7. The second-order valence-electron chi connectivity index (χ2n) is 6.39. The van der Waals surface area contributed by atoms with Crippen LogP contribution >= 0.6 is 0 Å². The summed E-state index contributed by atoms with van der Waals surface area (Å²) in [7, 11) is -2.12. The quantitative estimate of drug-likeness (QED) is 0.563. The monoisotopic (exact) mass is 415 g/mol. The fraction of sp³-hybridized carbons (Fsp3) is 0.250. The molecule has 3 aromatic rings. The molecule has 0 bridgehead atoms. The van der Waals surface area contributed by atoms with Crippen LogP contribution in [0.25, 0.3) is 11.4 Å². The molecule has 29 heavy (non-hydrogen) atoms. The standard InChI is InChI=1S/C20H21N3O5S/c1-14-3-8-16(9-4-14)20-22-18(28-23-20)13-27-19(24)12-7-15-5-10-17(11-6-15)29(25,26)21-2/h3-6,8-11,21H,7,12-13H2,1-2H3. The van der Waals surface area contributed by atoms with Crippen LogP contribution in [0.3, 0.4) is 0 Å². The van der Waals surface area contributed by atoms with E-state index in [-0.39, 0.29) is 23.8 Å². The topological polar surface area (TPSA) is 111 Å². The zero-order valence-corrected chi connectivity index (χ0v) is 16.9. The van der Waals surface area contributed by atoms with Crippen molar-refractivity contribution in [1.29, 1.82) is 0 Å². The van der Waals surface area contributed by atoms with Gasteiger partial charge in [-0.25, -0.2) is 13.1 Å². The summed E-state index contributed by atoms with van der Waals surface area (Å²) in [6, 6.07) is 14.0. The first-order valence-electron chi connectivity index (χ1n) is 8.95. The minimum absolute atomic E-state index is 0.100. The smallest absolute Gasteiger partial charge is 0.306 e. The lowest BCUT2D eigenvalue weighted by atomic mass is 10.1. The molecule has 0 fully saturated rings. The molecular weight excluding hydrogens is 394 g/mol. The molecule has 0 radical (unpaired) electrons. The Kier molecular flexibility index (Phi) is 6.40. The van der Waals surface area contributed by atoms with Crippen molar-refractivity contribution in [1.82, 2.24) is 14.9 Å². The zero-order chi connectivity index (χ0) is 20.9. The highest BCUT2D eigenvalue weighted by Crippen LogP contribution is 2.17. The number of ether oxygens (including phenoxy) is 1. The molecule has 1 N–H and O–H groups in total. The molecule has 2 aromatic carbocycles. The lowest BCUT2D eigenvalue weighted by Crippen LogP contribution is -2.18. The summed E-state index contributed by atoms with van der Waals surface area (Å²) in [5, 5.41) is 3.89. The molecular formula is C20H21N3O5S. The van der Waals surface area contributed by atoms with E-state index in [2.05, 4.69) is 14.9 Å². The van der Waals surface area contributed by atoms with Crippen molar-refractivity contribution in [3.63, 3.8) is 0 Å². The number of nitrogens with zero attached hydrogens (tertiary/aromatic N) is 2. The molecule has 0 atom stereocenters. The number of sulfonamides is 1. The number of hydrogen-bond donors (Lipinski definition) is 1. The van der Waals surface area contributed by atoms with Crippen LogP contribution in [0.2, 0.25) is 0 Å². The normalized spacial score (nSPS) is 11.4. The summed E-state index contributed by atoms with van der Waals surface area (Å²) in [5.74, 6) is 0.246. The zero-order valence-electron chi connectivity index (χ0n) is 16.1. The summed E-state index contributed by atoms with van der Waals surface area (Å²) in [4.78, 5) is 16.4. The Bertz CT molecular complexity index is 1070. The van der Waals surface area contributed by atoms with Crippen LogP contribution < -0.4 is 4.72 Å². The number of carbonyl (C=O) groups is 1. The molecule has 0 unspecified atom stereocenters. The maximum Gasteiger partial charge on any atom is 0.306 e. The molecule has 1 aromatic heterocycles. The van der Waals surface area contributed by atoms with Gasteiger partial charge in [0.2, 0.25) is 15.8 Å². The Hall–Kier alpha value is -3.04. The van der Waals surface area contributed by atoms with Gasteiger partial charge < -0.3 is 9.26 Å². The van der Waals surface area contributed by atoms with E-state index in [0.29, 0.717) is 12.2 Å². The summed E-state index contributed by atoms with van der Waals surface area (Å²) >= 11 is 0. The van der Waals surface area contributed by atoms with E-state index >= 15 is 0 Å². The number of rotatable bonds is 8. The lowest BCUT2D eigenvalue weighted by molar-refractivity contribution is -0.145. The average molecular weight is 415 g/mol. The molecule has 0 aliphatic carbocycles. The van der Waals surface area contributed by atoms with Crippen molar-refractivity contribution in [3.8, 4) is 11.4 Å². The third kappa shape index (κ3) is 5.49. The van der Waals surface area contributed by atoms with Crippen molar-refractivity contribution < 1.29 is 22.5 Å². The maximum atomic E-state index is 12.0. The van der Waals surface area contributed by atoms with Crippen molar-refractivity contribution >= 4 is 16.0 Å². The van der Waals surface area contributed by atoms with Gasteiger partial charge in [-0.1, -0.05) is 47.1 Å². The van der Waals surface area contributed by atoms with Crippen LogP contribution in [0.4, 0.5) is 0 Å². The van der Waals surface area contributed by atoms with Gasteiger partial charge in [-0.3, -0.25) is 4.79 Å². The SMILES string of the molecule is CNS(=O)(=O)c1ccc(CCC(=O)OCc2nc(-c3ccc(C)cc3)no2)cc1.